The summed E-state index contributed by atoms with van der Waals surface area (Å²) in [7, 11) is 0. The molecule has 10 heavy (non-hydrogen) atoms. The Hall–Kier alpha value is -1.03. The quantitative estimate of drug-likeness (QED) is 0.466. The van der Waals surface area contributed by atoms with Gasteiger partial charge in [-0.3, -0.25) is 0 Å². The highest BCUT2D eigenvalue weighted by atomic mass is 14.2. The van der Waals surface area contributed by atoms with Crippen LogP contribution >= 0.6 is 0 Å². The molecule has 0 heterocycles. The van der Waals surface area contributed by atoms with E-state index in [1.165, 1.54) is 0 Å². The topological polar surface area (TPSA) is 23.8 Å². The highest BCUT2D eigenvalue weighted by Gasteiger charge is 1.94. The zero-order valence-electron chi connectivity index (χ0n) is 6.01. The van der Waals surface area contributed by atoms with E-state index >= 15 is 0 Å². The summed E-state index contributed by atoms with van der Waals surface area (Å²) in [5.41, 5.74) is 0.948. The molecule has 52 valence electrons. The largest absolute Gasteiger partial charge is 0.193 e. The van der Waals surface area contributed by atoms with Gasteiger partial charge in [0.25, 0.3) is 0 Å². The second-order valence-corrected chi connectivity index (χ2v) is 2.43. The van der Waals surface area contributed by atoms with Gasteiger partial charge in [-0.2, -0.15) is 5.26 Å². The maximum atomic E-state index is 8.57. The van der Waals surface area contributed by atoms with Crippen LogP contribution in [-0.2, 0) is 0 Å². The van der Waals surface area contributed by atoms with E-state index in [0.717, 1.165) is 31.3 Å². The van der Waals surface area contributed by atoms with Crippen LogP contribution in [0.2, 0.25) is 0 Å². The van der Waals surface area contributed by atoms with Crippen molar-refractivity contribution in [3.8, 4) is 6.07 Å². The minimum atomic E-state index is 0.924. The molecular weight excluding hydrogens is 122 g/mol. The molecule has 0 aliphatic heterocycles. The third-order valence-corrected chi connectivity index (χ3v) is 1.61. The number of hydrogen-bond acceptors (Lipinski definition) is 1. The Balaban J connectivity index is 2.52. The van der Waals surface area contributed by atoms with Crippen LogP contribution in [0.5, 0.6) is 0 Å². The van der Waals surface area contributed by atoms with Crippen LogP contribution < -0.4 is 0 Å². The molecule has 0 atom stereocenters. The van der Waals surface area contributed by atoms with E-state index in [4.69, 9.17) is 5.26 Å². The first-order chi connectivity index (χ1) is 4.93. The van der Waals surface area contributed by atoms with Crippen LogP contribution in [0.1, 0.15) is 25.7 Å². The molecule has 1 rings (SSSR count). The van der Waals surface area contributed by atoms with Crippen molar-refractivity contribution in [2.24, 2.45) is 0 Å². The van der Waals surface area contributed by atoms with Crippen LogP contribution in [-0.4, -0.2) is 0 Å². The molecule has 0 unspecified atom stereocenters. The number of rotatable bonds is 0. The average Bonchev–Trinajstić information content (AvgIpc) is 1.87. The van der Waals surface area contributed by atoms with E-state index in [0.29, 0.717) is 0 Å². The van der Waals surface area contributed by atoms with Crippen LogP contribution in [0.3, 0.4) is 0 Å². The minimum absolute atomic E-state index is 0.924. The molecule has 1 aliphatic carbocycles. The second kappa shape index (κ2) is 3.90. The van der Waals surface area contributed by atoms with Crippen LogP contribution in [0.25, 0.3) is 0 Å². The zero-order valence-corrected chi connectivity index (χ0v) is 6.01. The van der Waals surface area contributed by atoms with Crippen molar-refractivity contribution in [3.63, 3.8) is 0 Å². The molecule has 0 saturated carbocycles. The average molecular weight is 133 g/mol. The van der Waals surface area contributed by atoms with Crippen molar-refractivity contribution >= 4 is 0 Å². The Labute approximate surface area is 61.7 Å². The second-order valence-electron chi connectivity index (χ2n) is 2.43. The summed E-state index contributed by atoms with van der Waals surface area (Å²) >= 11 is 0. The van der Waals surface area contributed by atoms with E-state index in [2.05, 4.69) is 18.2 Å². The fourth-order valence-electron chi connectivity index (χ4n) is 1.03. The Morgan fingerprint density at radius 1 is 1.20 bits per heavy atom. The van der Waals surface area contributed by atoms with E-state index < -0.39 is 0 Å². The maximum Gasteiger partial charge on any atom is 0.0943 e. The van der Waals surface area contributed by atoms with E-state index in [9.17, 15) is 0 Å². The summed E-state index contributed by atoms with van der Waals surface area (Å²) < 4.78 is 0. The van der Waals surface area contributed by atoms with Gasteiger partial charge in [0, 0.05) is 5.57 Å². The third-order valence-electron chi connectivity index (χ3n) is 1.61. The Morgan fingerprint density at radius 3 is 2.80 bits per heavy atom. The summed E-state index contributed by atoms with van der Waals surface area (Å²) in [4.78, 5) is 0. The molecule has 0 amide bonds. The normalized spacial score (nSPS) is 26.9. The lowest BCUT2D eigenvalue weighted by molar-refractivity contribution is 0.934. The Bertz CT molecular complexity index is 193. The van der Waals surface area contributed by atoms with Crippen molar-refractivity contribution in [1.82, 2.24) is 0 Å². The van der Waals surface area contributed by atoms with Gasteiger partial charge in [0.2, 0.25) is 0 Å². The summed E-state index contributed by atoms with van der Waals surface area (Å²) in [6.07, 6.45) is 10.5. The molecule has 0 aromatic carbocycles. The fourth-order valence-corrected chi connectivity index (χ4v) is 1.03. The summed E-state index contributed by atoms with van der Waals surface area (Å²) in [6, 6.07) is 2.20. The highest BCUT2D eigenvalue weighted by molar-refractivity contribution is 5.21. The summed E-state index contributed by atoms with van der Waals surface area (Å²) in [5.74, 6) is 0. The molecule has 1 heteroatoms. The van der Waals surface area contributed by atoms with Gasteiger partial charge in [0.05, 0.1) is 6.07 Å². The van der Waals surface area contributed by atoms with Crippen molar-refractivity contribution in [1.29, 1.82) is 5.26 Å². The van der Waals surface area contributed by atoms with Crippen LogP contribution in [0.15, 0.2) is 23.8 Å². The molecule has 0 radical (unpaired) electrons. The number of allylic oxidation sites excluding steroid dienone is 4. The van der Waals surface area contributed by atoms with E-state index in [1.807, 2.05) is 6.08 Å². The molecule has 1 aliphatic rings. The zero-order chi connectivity index (χ0) is 7.23. The highest BCUT2D eigenvalue weighted by Crippen LogP contribution is 2.10. The van der Waals surface area contributed by atoms with Crippen LogP contribution in [0.4, 0.5) is 0 Å². The summed E-state index contributed by atoms with van der Waals surface area (Å²) in [6.45, 7) is 0. The smallest absolute Gasteiger partial charge is 0.0943 e. The molecule has 0 aromatic rings. The molecule has 0 bridgehead atoms. The maximum absolute atomic E-state index is 8.57. The van der Waals surface area contributed by atoms with Gasteiger partial charge >= 0.3 is 0 Å². The van der Waals surface area contributed by atoms with Gasteiger partial charge in [-0.25, -0.2) is 0 Å². The van der Waals surface area contributed by atoms with Gasteiger partial charge in [-0.1, -0.05) is 18.2 Å². The monoisotopic (exact) mass is 133 g/mol. The molecule has 0 aromatic heterocycles. The standard InChI is InChI=1S/C9H11N/c10-8-9-6-4-2-1-3-5-7-9/h1-2,7H,3-6H2/b2-1-,9-7+. The van der Waals surface area contributed by atoms with E-state index in [-0.39, 0.29) is 0 Å². The molecule has 0 saturated heterocycles. The fraction of sp³-hybridized carbons (Fsp3) is 0.444. The Kier molecular flexibility index (Phi) is 2.76. The minimum Gasteiger partial charge on any atom is -0.193 e. The molecular formula is C9H11N. The number of nitrogens with zero attached hydrogens (tertiary/aromatic N) is 1. The van der Waals surface area contributed by atoms with Crippen molar-refractivity contribution < 1.29 is 0 Å². The first-order valence-electron chi connectivity index (χ1n) is 3.67. The predicted octanol–water partition coefficient (Wildman–Crippen LogP) is 2.57. The van der Waals surface area contributed by atoms with E-state index in [1.54, 1.807) is 0 Å². The lowest BCUT2D eigenvalue weighted by Gasteiger charge is -1.98. The number of hydrogen-bond donors (Lipinski definition) is 0. The lowest BCUT2D eigenvalue weighted by atomic mass is 10.1. The van der Waals surface area contributed by atoms with Crippen LogP contribution in [0, 0.1) is 11.3 Å². The van der Waals surface area contributed by atoms with Gasteiger partial charge in [0.15, 0.2) is 0 Å². The third kappa shape index (κ3) is 2.06. The first-order valence-corrected chi connectivity index (χ1v) is 3.67. The Morgan fingerprint density at radius 2 is 2.00 bits per heavy atom. The van der Waals surface area contributed by atoms with Gasteiger partial charge in [0.1, 0.15) is 0 Å². The SMILES string of the molecule is N#C/C1=C/CC/C=C\CC1. The van der Waals surface area contributed by atoms with Gasteiger partial charge in [-0.05, 0) is 25.7 Å². The molecule has 0 spiro atoms. The first kappa shape index (κ1) is 7.08. The lowest BCUT2D eigenvalue weighted by Crippen LogP contribution is -1.82. The van der Waals surface area contributed by atoms with Gasteiger partial charge < -0.3 is 0 Å². The molecule has 0 fully saturated rings. The molecule has 0 N–H and O–H groups in total. The summed E-state index contributed by atoms with van der Waals surface area (Å²) in [5, 5.41) is 8.57. The number of nitriles is 1. The predicted molar refractivity (Wildman–Crippen MR) is 41.3 cm³/mol. The van der Waals surface area contributed by atoms with Crippen molar-refractivity contribution in [2.75, 3.05) is 0 Å². The van der Waals surface area contributed by atoms with Crippen molar-refractivity contribution in [3.05, 3.63) is 23.8 Å². The molecule has 1 nitrogen and oxygen atoms in total. The van der Waals surface area contributed by atoms with Crippen molar-refractivity contribution in [2.45, 2.75) is 25.7 Å². The van der Waals surface area contributed by atoms with Gasteiger partial charge in [-0.15, -0.1) is 0 Å².